The number of hydrogen-bond acceptors (Lipinski definition) is 2. The predicted octanol–water partition coefficient (Wildman–Crippen LogP) is 1.16. The molecule has 0 aromatic carbocycles. The van der Waals surface area contributed by atoms with Crippen molar-refractivity contribution in [2.45, 2.75) is 8.65 Å². The van der Waals surface area contributed by atoms with E-state index in [1.54, 1.807) is 0 Å². The second-order valence-corrected chi connectivity index (χ2v) is 8.04. The van der Waals surface area contributed by atoms with Gasteiger partial charge < -0.3 is 0 Å². The molecule has 0 saturated heterocycles. The summed E-state index contributed by atoms with van der Waals surface area (Å²) in [6.07, 6.45) is 0. The van der Waals surface area contributed by atoms with Crippen molar-refractivity contribution in [3.05, 3.63) is 0 Å². The lowest BCUT2D eigenvalue weighted by molar-refractivity contribution is -0.139. The van der Waals surface area contributed by atoms with Gasteiger partial charge in [-0.25, -0.2) is 0 Å². The van der Waals surface area contributed by atoms with Gasteiger partial charge in [0.25, 0.3) is 0 Å². The fourth-order valence-corrected chi connectivity index (χ4v) is 8.27. The van der Waals surface area contributed by atoms with Gasteiger partial charge in [0.05, 0.1) is 8.65 Å². The Balaban J connectivity index is 1.93. The van der Waals surface area contributed by atoms with E-state index in [9.17, 15) is 9.59 Å². The Labute approximate surface area is 97.1 Å². The molecule has 6 rings (SSSR count). The summed E-state index contributed by atoms with van der Waals surface area (Å²) >= 11 is 7.27. The van der Waals surface area contributed by atoms with Crippen LogP contribution in [0.2, 0.25) is 0 Å². The van der Waals surface area contributed by atoms with Gasteiger partial charge in [-0.3, -0.25) is 9.59 Å². The topological polar surface area (TPSA) is 34.1 Å². The van der Waals surface area contributed by atoms with Crippen molar-refractivity contribution >= 4 is 43.4 Å². The van der Waals surface area contributed by atoms with Crippen LogP contribution in [0, 0.1) is 35.5 Å². The van der Waals surface area contributed by atoms with Crippen LogP contribution in [0.1, 0.15) is 0 Å². The third-order valence-corrected chi connectivity index (χ3v) is 8.52. The standard InChI is InChI=1S/C10H6Br2O2/c11-9-3-1-2(8(9)14)4-6(9)5(3)10(4,12)7(1)13/h1-6H/t1-,2-,3-,4-,5-,6-,9-,10+/m1/s1. The van der Waals surface area contributed by atoms with Crippen LogP contribution in [-0.4, -0.2) is 20.2 Å². The number of Topliss-reactive ketones (excluding diaryl/α,β-unsaturated/α-hetero) is 2. The Morgan fingerprint density at radius 3 is 1.43 bits per heavy atom. The molecule has 0 aliphatic heterocycles. The largest absolute Gasteiger partial charge is 0.298 e. The molecule has 0 aromatic heterocycles. The van der Waals surface area contributed by atoms with Gasteiger partial charge in [0, 0.05) is 11.8 Å². The predicted molar refractivity (Wildman–Crippen MR) is 54.3 cm³/mol. The highest BCUT2D eigenvalue weighted by atomic mass is 79.9. The highest BCUT2D eigenvalue weighted by molar-refractivity contribution is 9.10. The van der Waals surface area contributed by atoms with Crippen LogP contribution in [0.5, 0.6) is 0 Å². The second kappa shape index (κ2) is 1.53. The monoisotopic (exact) mass is 316 g/mol. The summed E-state index contributed by atoms with van der Waals surface area (Å²) in [7, 11) is 0. The average Bonchev–Trinajstić information content (AvgIpc) is 2.54. The minimum absolute atomic E-state index is 0.0706. The molecule has 0 spiro atoms. The lowest BCUT2D eigenvalue weighted by Crippen LogP contribution is -2.74. The summed E-state index contributed by atoms with van der Waals surface area (Å²) in [6, 6.07) is 0. The van der Waals surface area contributed by atoms with Gasteiger partial charge in [-0.1, -0.05) is 31.9 Å². The molecule has 72 valence electrons. The Morgan fingerprint density at radius 2 is 1.14 bits per heavy atom. The molecule has 0 N–H and O–H groups in total. The van der Waals surface area contributed by atoms with Gasteiger partial charge in [0.15, 0.2) is 11.6 Å². The van der Waals surface area contributed by atoms with Crippen LogP contribution in [0.25, 0.3) is 0 Å². The van der Waals surface area contributed by atoms with E-state index in [0.29, 0.717) is 35.2 Å². The lowest BCUT2D eigenvalue weighted by Gasteiger charge is -2.68. The van der Waals surface area contributed by atoms with E-state index < -0.39 is 0 Å². The number of carbonyl (C=O) groups excluding carboxylic acids is 2. The van der Waals surface area contributed by atoms with Gasteiger partial charge in [0.1, 0.15) is 0 Å². The quantitative estimate of drug-likeness (QED) is 0.628. The van der Waals surface area contributed by atoms with Gasteiger partial charge in [-0.2, -0.15) is 0 Å². The molecule has 14 heavy (non-hydrogen) atoms. The molecule has 6 aliphatic rings. The summed E-state index contributed by atoms with van der Waals surface area (Å²) < 4.78 is -0.526. The number of ketones is 2. The van der Waals surface area contributed by atoms with Crippen molar-refractivity contribution in [3.8, 4) is 0 Å². The zero-order valence-electron chi connectivity index (χ0n) is 7.04. The van der Waals surface area contributed by atoms with Gasteiger partial charge >= 0.3 is 0 Å². The number of rotatable bonds is 0. The van der Waals surface area contributed by atoms with Crippen LogP contribution in [0.4, 0.5) is 0 Å². The SMILES string of the molecule is O=C1[C@@H]2[C@H]3C(=O)[C@]4(Br)[C@H]5[C@@H]([C@@H]24)[C@@]1(Br)[C@H]35. The van der Waals surface area contributed by atoms with Gasteiger partial charge in [-0.05, 0) is 23.7 Å². The van der Waals surface area contributed by atoms with E-state index >= 15 is 0 Å². The lowest BCUT2D eigenvalue weighted by atomic mass is 9.41. The fourth-order valence-electron chi connectivity index (χ4n) is 5.46. The molecule has 2 nitrogen and oxygen atoms in total. The van der Waals surface area contributed by atoms with E-state index in [-0.39, 0.29) is 20.5 Å². The summed E-state index contributed by atoms with van der Waals surface area (Å²) in [5.74, 6) is 2.45. The molecule has 0 unspecified atom stereocenters. The molecule has 0 heterocycles. The van der Waals surface area contributed by atoms with E-state index in [1.165, 1.54) is 0 Å². The smallest absolute Gasteiger partial charge is 0.154 e. The van der Waals surface area contributed by atoms with Crippen molar-refractivity contribution in [1.29, 1.82) is 0 Å². The van der Waals surface area contributed by atoms with E-state index in [2.05, 4.69) is 31.9 Å². The first-order chi connectivity index (χ1) is 6.55. The third kappa shape index (κ3) is 0.337. The minimum Gasteiger partial charge on any atom is -0.298 e. The number of hydrogen-bond donors (Lipinski definition) is 0. The molecule has 4 heteroatoms. The van der Waals surface area contributed by atoms with Crippen LogP contribution < -0.4 is 0 Å². The molecular formula is C10H6Br2O2. The van der Waals surface area contributed by atoms with Crippen molar-refractivity contribution < 1.29 is 9.59 Å². The van der Waals surface area contributed by atoms with Crippen LogP contribution >= 0.6 is 31.9 Å². The zero-order chi connectivity index (χ0) is 9.62. The number of carbonyl (C=O) groups is 2. The normalized spacial score (nSPS) is 79.6. The second-order valence-electron chi connectivity index (χ2n) is 5.42. The highest BCUT2D eigenvalue weighted by Crippen LogP contribution is 2.92. The molecule has 0 radical (unpaired) electrons. The molecule has 0 aromatic rings. The van der Waals surface area contributed by atoms with Crippen molar-refractivity contribution in [3.63, 3.8) is 0 Å². The maximum absolute atomic E-state index is 12.1. The van der Waals surface area contributed by atoms with Gasteiger partial charge in [-0.15, -0.1) is 0 Å². The molecule has 6 aliphatic carbocycles. The van der Waals surface area contributed by atoms with E-state index in [4.69, 9.17) is 0 Å². The van der Waals surface area contributed by atoms with E-state index in [0.717, 1.165) is 0 Å². The van der Waals surface area contributed by atoms with Crippen molar-refractivity contribution in [1.82, 2.24) is 0 Å². The van der Waals surface area contributed by atoms with Crippen LogP contribution in [0.15, 0.2) is 0 Å². The summed E-state index contributed by atoms with van der Waals surface area (Å²) in [5.41, 5.74) is 0. The summed E-state index contributed by atoms with van der Waals surface area (Å²) in [5, 5.41) is 0. The molecule has 4 bridgehead atoms. The third-order valence-electron chi connectivity index (χ3n) is 5.62. The first-order valence-electron chi connectivity index (χ1n) is 5.02. The van der Waals surface area contributed by atoms with Crippen molar-refractivity contribution in [2.24, 2.45) is 35.5 Å². The Kier molecular flexibility index (Phi) is 0.824. The Morgan fingerprint density at radius 1 is 0.786 bits per heavy atom. The van der Waals surface area contributed by atoms with Crippen molar-refractivity contribution in [2.75, 3.05) is 0 Å². The molecule has 6 saturated carbocycles. The number of alkyl halides is 2. The van der Waals surface area contributed by atoms with Crippen LogP contribution in [0.3, 0.4) is 0 Å². The molecule has 0 amide bonds. The average molecular weight is 318 g/mol. The molecule has 8 atom stereocenters. The van der Waals surface area contributed by atoms with Crippen LogP contribution in [-0.2, 0) is 9.59 Å². The highest BCUT2D eigenvalue weighted by Gasteiger charge is 3.00. The minimum atomic E-state index is -0.263. The molecule has 6 fully saturated rings. The zero-order valence-corrected chi connectivity index (χ0v) is 10.2. The summed E-state index contributed by atoms with van der Waals surface area (Å²) in [6.45, 7) is 0. The molecular weight excluding hydrogens is 312 g/mol. The maximum atomic E-state index is 12.1. The Bertz CT molecular complexity index is 419. The first-order valence-corrected chi connectivity index (χ1v) is 6.60. The summed E-state index contributed by atoms with van der Waals surface area (Å²) in [4.78, 5) is 24.1. The Hall–Kier alpha value is 0.300. The fraction of sp³-hybridized carbons (Fsp3) is 0.800. The van der Waals surface area contributed by atoms with Gasteiger partial charge in [0.2, 0.25) is 0 Å². The van der Waals surface area contributed by atoms with E-state index in [1.807, 2.05) is 0 Å². The maximum Gasteiger partial charge on any atom is 0.154 e. The first kappa shape index (κ1) is 7.55. The number of halogens is 2.